The van der Waals surface area contributed by atoms with E-state index in [0.29, 0.717) is 28.4 Å². The Kier molecular flexibility index (Phi) is 7.54. The molecule has 0 saturated heterocycles. The summed E-state index contributed by atoms with van der Waals surface area (Å²) in [6.07, 6.45) is 4.74. The van der Waals surface area contributed by atoms with Crippen LogP contribution in [0.2, 0.25) is 0 Å². The van der Waals surface area contributed by atoms with Gasteiger partial charge in [-0.3, -0.25) is 4.79 Å². The van der Waals surface area contributed by atoms with Crippen molar-refractivity contribution in [1.82, 2.24) is 9.97 Å². The van der Waals surface area contributed by atoms with Crippen molar-refractivity contribution >= 4 is 22.6 Å². The molecular formula is C23H29N3O4. The van der Waals surface area contributed by atoms with Gasteiger partial charge in [-0.25, -0.2) is 4.79 Å². The van der Waals surface area contributed by atoms with Gasteiger partial charge in [-0.05, 0) is 54.8 Å². The zero-order valence-corrected chi connectivity index (χ0v) is 17.5. The lowest BCUT2D eigenvalue weighted by molar-refractivity contribution is -0.118. The van der Waals surface area contributed by atoms with E-state index in [-0.39, 0.29) is 18.2 Å². The number of hydrogen-bond donors (Lipinski definition) is 3. The van der Waals surface area contributed by atoms with Gasteiger partial charge < -0.3 is 24.8 Å². The molecule has 3 N–H and O–H groups in total. The molecule has 0 bridgehead atoms. The highest BCUT2D eigenvalue weighted by Crippen LogP contribution is 2.20. The van der Waals surface area contributed by atoms with Crippen LogP contribution < -0.4 is 20.5 Å². The second kappa shape index (κ2) is 10.5. The second-order valence-electron chi connectivity index (χ2n) is 7.38. The number of carbonyl (C=O) groups excluding carboxylic acids is 1. The summed E-state index contributed by atoms with van der Waals surface area (Å²) in [5.41, 5.74) is 1.63. The zero-order chi connectivity index (χ0) is 21.3. The third kappa shape index (κ3) is 6.14. The molecule has 0 spiro atoms. The van der Waals surface area contributed by atoms with Crippen LogP contribution in [-0.2, 0) is 4.79 Å². The monoisotopic (exact) mass is 411 g/mol. The van der Waals surface area contributed by atoms with Crippen LogP contribution in [-0.4, -0.2) is 29.1 Å². The average molecular weight is 412 g/mol. The van der Waals surface area contributed by atoms with Gasteiger partial charge in [0.1, 0.15) is 11.5 Å². The summed E-state index contributed by atoms with van der Waals surface area (Å²) < 4.78 is 11.4. The minimum Gasteiger partial charge on any atom is -0.493 e. The third-order valence-electron chi connectivity index (χ3n) is 5.02. The summed E-state index contributed by atoms with van der Waals surface area (Å²) >= 11 is 0. The predicted molar refractivity (Wildman–Crippen MR) is 118 cm³/mol. The number of anilines is 1. The molecule has 7 nitrogen and oxygen atoms in total. The number of unbranched alkanes of at least 4 members (excludes halogenated alkanes) is 1. The lowest BCUT2D eigenvalue weighted by atomic mass is 10.0. The Hall–Kier alpha value is -3.22. The van der Waals surface area contributed by atoms with Crippen molar-refractivity contribution in [3.05, 3.63) is 52.9 Å². The summed E-state index contributed by atoms with van der Waals surface area (Å²) in [4.78, 5) is 28.8. The van der Waals surface area contributed by atoms with Gasteiger partial charge in [0.2, 0.25) is 0 Å². The highest BCUT2D eigenvalue weighted by atomic mass is 16.5. The number of nitrogens with one attached hydrogen (secondary N) is 3. The molecule has 1 heterocycles. The molecule has 160 valence electrons. The Morgan fingerprint density at radius 3 is 2.40 bits per heavy atom. The molecular weight excluding hydrogens is 382 g/mol. The summed E-state index contributed by atoms with van der Waals surface area (Å²) in [6.45, 7) is 5.00. The molecule has 0 saturated carbocycles. The fourth-order valence-corrected chi connectivity index (χ4v) is 3.20. The quantitative estimate of drug-likeness (QED) is 0.434. The molecule has 3 aromatic rings. The minimum absolute atomic E-state index is 0.114. The van der Waals surface area contributed by atoms with E-state index >= 15 is 0 Å². The second-order valence-corrected chi connectivity index (χ2v) is 7.38. The van der Waals surface area contributed by atoms with Crippen LogP contribution in [0.3, 0.4) is 0 Å². The average Bonchev–Trinajstić information content (AvgIpc) is 3.12. The SMILES string of the molecule is CCCCC(CC)COc1ccc(OCC(=O)Nc2ccc3[nH]c(=O)[nH]c3c2)cc1. The van der Waals surface area contributed by atoms with Crippen molar-refractivity contribution in [3.63, 3.8) is 0 Å². The molecule has 1 aromatic heterocycles. The van der Waals surface area contributed by atoms with Crippen LogP contribution >= 0.6 is 0 Å². The van der Waals surface area contributed by atoms with Gasteiger partial charge in [-0.15, -0.1) is 0 Å². The largest absolute Gasteiger partial charge is 0.493 e. The first-order valence-electron chi connectivity index (χ1n) is 10.4. The molecule has 30 heavy (non-hydrogen) atoms. The van der Waals surface area contributed by atoms with E-state index < -0.39 is 0 Å². The van der Waals surface area contributed by atoms with E-state index in [2.05, 4.69) is 29.1 Å². The Morgan fingerprint density at radius 1 is 1.00 bits per heavy atom. The maximum absolute atomic E-state index is 12.2. The molecule has 2 aromatic carbocycles. The van der Waals surface area contributed by atoms with Gasteiger partial charge in [0, 0.05) is 5.69 Å². The van der Waals surface area contributed by atoms with Crippen molar-refractivity contribution in [1.29, 1.82) is 0 Å². The number of amides is 1. The maximum Gasteiger partial charge on any atom is 0.323 e. The fourth-order valence-electron chi connectivity index (χ4n) is 3.20. The van der Waals surface area contributed by atoms with Gasteiger partial charge in [0.15, 0.2) is 6.61 Å². The topological polar surface area (TPSA) is 96.2 Å². The number of benzene rings is 2. The first-order chi connectivity index (χ1) is 14.6. The smallest absolute Gasteiger partial charge is 0.323 e. The van der Waals surface area contributed by atoms with Crippen LogP contribution in [0.25, 0.3) is 11.0 Å². The van der Waals surface area contributed by atoms with Crippen molar-refractivity contribution in [2.24, 2.45) is 5.92 Å². The summed E-state index contributed by atoms with van der Waals surface area (Å²) in [6, 6.07) is 12.5. The van der Waals surface area contributed by atoms with Crippen molar-refractivity contribution in [3.8, 4) is 11.5 Å². The molecule has 0 aliphatic heterocycles. The number of fused-ring (bicyclic) bond motifs is 1. The highest BCUT2D eigenvalue weighted by Gasteiger charge is 2.08. The molecule has 3 rings (SSSR count). The molecule has 0 aliphatic rings. The number of imidazole rings is 1. The van der Waals surface area contributed by atoms with Crippen LogP contribution in [0.4, 0.5) is 5.69 Å². The van der Waals surface area contributed by atoms with E-state index in [4.69, 9.17) is 9.47 Å². The van der Waals surface area contributed by atoms with Crippen LogP contribution in [0.1, 0.15) is 39.5 Å². The Bertz CT molecular complexity index is 1010. The van der Waals surface area contributed by atoms with Crippen LogP contribution in [0, 0.1) is 5.92 Å². The lowest BCUT2D eigenvalue weighted by Crippen LogP contribution is -2.20. The summed E-state index contributed by atoms with van der Waals surface area (Å²) in [5.74, 6) is 1.69. The molecule has 0 aliphatic carbocycles. The number of aromatic nitrogens is 2. The predicted octanol–water partition coefficient (Wildman–Crippen LogP) is 4.47. The lowest BCUT2D eigenvalue weighted by Gasteiger charge is -2.15. The Labute approximate surface area is 175 Å². The van der Waals surface area contributed by atoms with Gasteiger partial charge in [-0.1, -0.05) is 33.1 Å². The molecule has 1 atom stereocenters. The molecule has 1 unspecified atom stereocenters. The zero-order valence-electron chi connectivity index (χ0n) is 17.5. The Morgan fingerprint density at radius 2 is 1.70 bits per heavy atom. The van der Waals surface area contributed by atoms with Crippen LogP contribution in [0.5, 0.6) is 11.5 Å². The van der Waals surface area contributed by atoms with Gasteiger partial charge >= 0.3 is 5.69 Å². The van der Waals surface area contributed by atoms with E-state index in [1.54, 1.807) is 30.3 Å². The standard InChI is InChI=1S/C23H29N3O4/c1-3-5-6-16(4-2)14-29-18-8-10-19(11-9-18)30-15-22(27)24-17-7-12-20-21(13-17)26-23(28)25-20/h7-13,16H,3-6,14-15H2,1-2H3,(H,24,27)(H2,25,26,28). The van der Waals surface area contributed by atoms with Crippen molar-refractivity contribution in [2.75, 3.05) is 18.5 Å². The Balaban J connectivity index is 1.45. The van der Waals surface area contributed by atoms with Gasteiger partial charge in [0.25, 0.3) is 5.91 Å². The van der Waals surface area contributed by atoms with E-state index in [1.807, 2.05) is 12.1 Å². The number of carbonyl (C=O) groups is 1. The first-order valence-corrected chi connectivity index (χ1v) is 10.4. The highest BCUT2D eigenvalue weighted by molar-refractivity contribution is 5.93. The first kappa shape index (κ1) is 21.5. The summed E-state index contributed by atoms with van der Waals surface area (Å²) in [7, 11) is 0. The van der Waals surface area contributed by atoms with Gasteiger partial charge in [-0.2, -0.15) is 0 Å². The van der Waals surface area contributed by atoms with Gasteiger partial charge in [0.05, 0.1) is 17.6 Å². The number of H-pyrrole nitrogens is 2. The minimum atomic E-state index is -0.283. The van der Waals surface area contributed by atoms with Crippen molar-refractivity contribution < 1.29 is 14.3 Å². The van der Waals surface area contributed by atoms with E-state index in [1.165, 1.54) is 19.3 Å². The molecule has 0 radical (unpaired) electrons. The molecule has 0 fully saturated rings. The van der Waals surface area contributed by atoms with Crippen LogP contribution in [0.15, 0.2) is 47.3 Å². The third-order valence-corrected chi connectivity index (χ3v) is 5.02. The number of ether oxygens (including phenoxy) is 2. The number of hydrogen-bond acceptors (Lipinski definition) is 4. The van der Waals surface area contributed by atoms with Crippen molar-refractivity contribution in [2.45, 2.75) is 39.5 Å². The fraction of sp³-hybridized carbons (Fsp3) is 0.391. The summed E-state index contributed by atoms with van der Waals surface area (Å²) in [5, 5.41) is 2.76. The maximum atomic E-state index is 12.2. The van der Waals surface area contributed by atoms with E-state index in [0.717, 1.165) is 18.8 Å². The normalized spacial score (nSPS) is 11.9. The molecule has 1 amide bonds. The van der Waals surface area contributed by atoms with E-state index in [9.17, 15) is 9.59 Å². The number of rotatable bonds is 11. The number of aromatic amines is 2. The molecule has 7 heteroatoms.